The molecule has 3 rings (SSSR count). The Kier molecular flexibility index (Phi) is 4.16. The van der Waals surface area contributed by atoms with Crippen LogP contribution in [0.25, 0.3) is 5.69 Å². The maximum absolute atomic E-state index is 12.0. The zero-order valence-electron chi connectivity index (χ0n) is 11.5. The van der Waals surface area contributed by atoms with Crippen LogP contribution in [0.2, 0.25) is 5.02 Å². The van der Waals surface area contributed by atoms with Crippen LogP contribution >= 0.6 is 11.6 Å². The molecule has 0 aliphatic rings. The lowest BCUT2D eigenvalue weighted by Gasteiger charge is -2.06. The zero-order chi connectivity index (χ0) is 15.4. The topological polar surface area (TPSA) is 57.0 Å². The summed E-state index contributed by atoms with van der Waals surface area (Å²) in [6.45, 7) is 0.185. The smallest absolute Gasteiger partial charge is 0.338 e. The van der Waals surface area contributed by atoms with Gasteiger partial charge in [0.2, 0.25) is 0 Å². The van der Waals surface area contributed by atoms with Crippen molar-refractivity contribution in [3.8, 4) is 5.69 Å². The molecule has 0 atom stereocenters. The lowest BCUT2D eigenvalue weighted by atomic mass is 10.2. The second-order valence-electron chi connectivity index (χ2n) is 4.59. The van der Waals surface area contributed by atoms with Gasteiger partial charge in [-0.2, -0.15) is 5.10 Å². The van der Waals surface area contributed by atoms with Crippen LogP contribution in [0, 0.1) is 0 Å². The van der Waals surface area contributed by atoms with Crippen molar-refractivity contribution in [1.29, 1.82) is 0 Å². The average molecular weight is 314 g/mol. The van der Waals surface area contributed by atoms with E-state index < -0.39 is 0 Å². The molecule has 6 heteroatoms. The first-order valence-electron chi connectivity index (χ1n) is 6.59. The van der Waals surface area contributed by atoms with E-state index in [1.807, 2.05) is 12.1 Å². The average Bonchev–Trinajstić information content (AvgIpc) is 3.07. The van der Waals surface area contributed by atoms with E-state index in [-0.39, 0.29) is 12.6 Å². The van der Waals surface area contributed by atoms with Gasteiger partial charge < -0.3 is 4.74 Å². The fraction of sp³-hybridized carbons (Fsp3) is 0.0625. The van der Waals surface area contributed by atoms with Crippen LogP contribution in [-0.2, 0) is 11.3 Å². The van der Waals surface area contributed by atoms with Gasteiger partial charge in [-0.3, -0.25) is 0 Å². The van der Waals surface area contributed by atoms with E-state index >= 15 is 0 Å². The van der Waals surface area contributed by atoms with E-state index in [1.165, 1.54) is 6.33 Å². The number of hydrogen-bond acceptors (Lipinski definition) is 4. The minimum absolute atomic E-state index is 0.185. The molecular weight excluding hydrogens is 302 g/mol. The Hall–Kier alpha value is -2.66. The largest absolute Gasteiger partial charge is 0.457 e. The monoisotopic (exact) mass is 313 g/mol. The fourth-order valence-corrected chi connectivity index (χ4v) is 2.16. The van der Waals surface area contributed by atoms with Crippen molar-refractivity contribution in [2.24, 2.45) is 0 Å². The van der Waals surface area contributed by atoms with Gasteiger partial charge in [0.15, 0.2) is 0 Å². The predicted molar refractivity (Wildman–Crippen MR) is 81.9 cm³/mol. The second-order valence-corrected chi connectivity index (χ2v) is 5.03. The van der Waals surface area contributed by atoms with Crippen molar-refractivity contribution in [2.75, 3.05) is 0 Å². The summed E-state index contributed by atoms with van der Waals surface area (Å²) in [5.74, 6) is -0.384. The van der Waals surface area contributed by atoms with E-state index in [0.29, 0.717) is 10.6 Å². The van der Waals surface area contributed by atoms with Crippen molar-refractivity contribution in [1.82, 2.24) is 14.8 Å². The third-order valence-electron chi connectivity index (χ3n) is 3.05. The quantitative estimate of drug-likeness (QED) is 0.694. The molecule has 0 radical (unpaired) electrons. The lowest BCUT2D eigenvalue weighted by Crippen LogP contribution is -2.05. The molecule has 0 N–H and O–H groups in total. The molecule has 1 heterocycles. The highest BCUT2D eigenvalue weighted by molar-refractivity contribution is 6.30. The molecule has 5 nitrogen and oxygen atoms in total. The molecule has 0 aliphatic carbocycles. The van der Waals surface area contributed by atoms with Crippen LogP contribution in [0.4, 0.5) is 0 Å². The van der Waals surface area contributed by atoms with Crippen LogP contribution in [-0.4, -0.2) is 20.7 Å². The zero-order valence-corrected chi connectivity index (χ0v) is 12.3. The summed E-state index contributed by atoms with van der Waals surface area (Å²) in [5, 5.41) is 4.64. The van der Waals surface area contributed by atoms with Gasteiger partial charge in [0.05, 0.1) is 11.3 Å². The van der Waals surface area contributed by atoms with E-state index in [2.05, 4.69) is 10.1 Å². The van der Waals surface area contributed by atoms with Gasteiger partial charge >= 0.3 is 5.97 Å². The summed E-state index contributed by atoms with van der Waals surface area (Å²) < 4.78 is 6.88. The van der Waals surface area contributed by atoms with Gasteiger partial charge in [-0.05, 0) is 42.0 Å². The predicted octanol–water partition coefficient (Wildman–Crippen LogP) is 3.28. The summed E-state index contributed by atoms with van der Waals surface area (Å²) in [5.41, 5.74) is 2.15. The molecule has 22 heavy (non-hydrogen) atoms. The molecule has 0 spiro atoms. The third-order valence-corrected chi connectivity index (χ3v) is 3.28. The van der Waals surface area contributed by atoms with E-state index in [0.717, 1.165) is 11.3 Å². The number of esters is 1. The van der Waals surface area contributed by atoms with Crippen molar-refractivity contribution >= 4 is 17.6 Å². The summed E-state index contributed by atoms with van der Waals surface area (Å²) in [7, 11) is 0. The highest BCUT2D eigenvalue weighted by atomic mass is 35.5. The molecule has 0 saturated heterocycles. The Morgan fingerprint density at radius 3 is 2.68 bits per heavy atom. The number of nitrogens with zero attached hydrogens (tertiary/aromatic N) is 3. The Morgan fingerprint density at radius 2 is 2.00 bits per heavy atom. The van der Waals surface area contributed by atoms with E-state index in [1.54, 1.807) is 47.4 Å². The maximum Gasteiger partial charge on any atom is 0.338 e. The van der Waals surface area contributed by atoms with Gasteiger partial charge in [0.1, 0.15) is 19.3 Å². The molecule has 3 aromatic rings. The van der Waals surface area contributed by atoms with Crippen LogP contribution in [0.3, 0.4) is 0 Å². The number of benzene rings is 2. The van der Waals surface area contributed by atoms with Gasteiger partial charge in [-0.25, -0.2) is 14.5 Å². The highest BCUT2D eigenvalue weighted by Crippen LogP contribution is 2.13. The van der Waals surface area contributed by atoms with Crippen LogP contribution in [0.15, 0.2) is 61.2 Å². The first kappa shape index (κ1) is 14.3. The molecule has 1 aromatic heterocycles. The Morgan fingerprint density at radius 1 is 1.18 bits per heavy atom. The van der Waals surface area contributed by atoms with Crippen LogP contribution in [0.5, 0.6) is 0 Å². The van der Waals surface area contributed by atoms with Crippen molar-refractivity contribution in [3.63, 3.8) is 0 Å². The van der Waals surface area contributed by atoms with E-state index in [4.69, 9.17) is 16.3 Å². The number of aromatic nitrogens is 3. The minimum Gasteiger partial charge on any atom is -0.457 e. The first-order chi connectivity index (χ1) is 10.7. The molecule has 0 aliphatic heterocycles. The molecule has 0 bridgehead atoms. The molecule has 110 valence electrons. The number of carbonyl (C=O) groups excluding carboxylic acids is 1. The molecular formula is C16H12ClN3O2. The Balaban J connectivity index is 1.65. The Labute approximate surface area is 132 Å². The number of hydrogen-bond donors (Lipinski definition) is 0. The van der Waals surface area contributed by atoms with Crippen LogP contribution < -0.4 is 0 Å². The summed E-state index contributed by atoms with van der Waals surface area (Å²) in [4.78, 5) is 15.9. The third kappa shape index (κ3) is 3.32. The number of rotatable bonds is 4. The minimum atomic E-state index is -0.384. The fourth-order valence-electron chi connectivity index (χ4n) is 1.95. The van der Waals surface area contributed by atoms with Gasteiger partial charge in [-0.1, -0.05) is 23.7 Å². The second kappa shape index (κ2) is 6.41. The molecule has 0 amide bonds. The Bertz CT molecular complexity index is 770. The van der Waals surface area contributed by atoms with Crippen molar-refractivity contribution < 1.29 is 9.53 Å². The molecule has 0 fully saturated rings. The molecule has 2 aromatic carbocycles. The number of ether oxygens (including phenoxy) is 1. The SMILES string of the molecule is O=C(OCc1cccc(Cl)c1)c1ccc(-n2cncn2)cc1. The number of carbonyl (C=O) groups is 1. The highest BCUT2D eigenvalue weighted by Gasteiger charge is 2.08. The molecule has 0 saturated carbocycles. The molecule has 0 unspecified atom stereocenters. The van der Waals surface area contributed by atoms with Crippen molar-refractivity contribution in [3.05, 3.63) is 77.3 Å². The lowest BCUT2D eigenvalue weighted by molar-refractivity contribution is 0.0472. The van der Waals surface area contributed by atoms with E-state index in [9.17, 15) is 4.79 Å². The van der Waals surface area contributed by atoms with Gasteiger partial charge in [0, 0.05) is 5.02 Å². The first-order valence-corrected chi connectivity index (χ1v) is 6.97. The maximum atomic E-state index is 12.0. The van der Waals surface area contributed by atoms with Crippen molar-refractivity contribution in [2.45, 2.75) is 6.61 Å². The van der Waals surface area contributed by atoms with Gasteiger partial charge in [0.25, 0.3) is 0 Å². The van der Waals surface area contributed by atoms with Gasteiger partial charge in [-0.15, -0.1) is 0 Å². The summed E-state index contributed by atoms with van der Waals surface area (Å²) in [6, 6.07) is 14.2. The van der Waals surface area contributed by atoms with Crippen LogP contribution in [0.1, 0.15) is 15.9 Å². The normalized spacial score (nSPS) is 10.4. The summed E-state index contributed by atoms with van der Waals surface area (Å²) >= 11 is 5.89. The standard InChI is InChI=1S/C16H12ClN3O2/c17-14-3-1-2-12(8-14)9-22-16(21)13-4-6-15(7-5-13)20-11-18-10-19-20/h1-8,10-11H,9H2. The summed E-state index contributed by atoms with van der Waals surface area (Å²) in [6.07, 6.45) is 3.04. The number of halogens is 1.